The molecule has 3 rings (SSSR count). The minimum atomic E-state index is -1.09. The van der Waals surface area contributed by atoms with E-state index in [0.29, 0.717) is 22.0 Å². The molecule has 1 spiro atoms. The molecule has 0 radical (unpaired) electrons. The highest BCUT2D eigenvalue weighted by Gasteiger charge is 2.55. The standard InChI is InChI=1S/C13H12Cl2N2O2S/c1-12(2)5-13(10(18)16-11(19)17-13)7-3-6(14)4-8(15)9(7)20-12/h3-4H,5H2,1-2H3,(H2,16,17,18,19). The van der Waals surface area contributed by atoms with Crippen LogP contribution in [0.2, 0.25) is 10.0 Å². The minimum Gasteiger partial charge on any atom is -0.319 e. The molecule has 0 aliphatic carbocycles. The van der Waals surface area contributed by atoms with Crippen LogP contribution >= 0.6 is 35.0 Å². The zero-order valence-corrected chi connectivity index (χ0v) is 13.2. The van der Waals surface area contributed by atoms with E-state index in [9.17, 15) is 9.59 Å². The van der Waals surface area contributed by atoms with Gasteiger partial charge in [-0.2, -0.15) is 0 Å². The molecule has 1 saturated heterocycles. The lowest BCUT2D eigenvalue weighted by Crippen LogP contribution is -2.50. The molecule has 1 unspecified atom stereocenters. The quantitative estimate of drug-likeness (QED) is 0.717. The Labute approximate surface area is 130 Å². The van der Waals surface area contributed by atoms with Crippen LogP contribution in [0.4, 0.5) is 4.79 Å². The van der Waals surface area contributed by atoms with Gasteiger partial charge in [-0.1, -0.05) is 37.0 Å². The van der Waals surface area contributed by atoms with Crippen LogP contribution in [0.25, 0.3) is 0 Å². The van der Waals surface area contributed by atoms with Crippen molar-refractivity contribution in [1.29, 1.82) is 0 Å². The number of rotatable bonds is 0. The number of benzene rings is 1. The first-order valence-electron chi connectivity index (χ1n) is 6.06. The summed E-state index contributed by atoms with van der Waals surface area (Å²) in [5.74, 6) is -0.351. The molecule has 1 fully saturated rings. The molecule has 1 atom stereocenters. The Bertz CT molecular complexity index is 648. The van der Waals surface area contributed by atoms with Gasteiger partial charge >= 0.3 is 6.03 Å². The first kappa shape index (κ1) is 14.0. The third kappa shape index (κ3) is 2.00. The smallest absolute Gasteiger partial charge is 0.319 e. The Morgan fingerprint density at radius 2 is 1.95 bits per heavy atom. The molecule has 1 aromatic rings. The topological polar surface area (TPSA) is 58.2 Å². The zero-order valence-electron chi connectivity index (χ0n) is 10.8. The molecular weight excluding hydrogens is 319 g/mol. The van der Waals surface area contributed by atoms with Crippen LogP contribution in [0, 0.1) is 0 Å². The number of hydrogen-bond donors (Lipinski definition) is 2. The summed E-state index contributed by atoms with van der Waals surface area (Å²) in [5.41, 5.74) is -0.418. The van der Waals surface area contributed by atoms with Gasteiger partial charge in [-0.3, -0.25) is 10.1 Å². The maximum absolute atomic E-state index is 12.3. The summed E-state index contributed by atoms with van der Waals surface area (Å²) in [5, 5.41) is 6.01. The summed E-state index contributed by atoms with van der Waals surface area (Å²) >= 11 is 13.9. The molecule has 4 nitrogen and oxygen atoms in total. The molecule has 2 N–H and O–H groups in total. The average Bonchev–Trinajstić information content (AvgIpc) is 2.55. The number of urea groups is 1. The fourth-order valence-corrected chi connectivity index (χ4v) is 4.78. The third-order valence-electron chi connectivity index (χ3n) is 3.48. The van der Waals surface area contributed by atoms with Crippen LogP contribution in [-0.2, 0) is 10.3 Å². The van der Waals surface area contributed by atoms with Crippen molar-refractivity contribution in [2.75, 3.05) is 0 Å². The lowest BCUT2D eigenvalue weighted by atomic mass is 9.81. The number of thioether (sulfide) groups is 1. The van der Waals surface area contributed by atoms with Crippen molar-refractivity contribution in [3.8, 4) is 0 Å². The van der Waals surface area contributed by atoms with Crippen LogP contribution in [0.15, 0.2) is 17.0 Å². The van der Waals surface area contributed by atoms with E-state index in [1.807, 2.05) is 13.8 Å². The second-order valence-electron chi connectivity index (χ2n) is 5.62. The van der Waals surface area contributed by atoms with E-state index < -0.39 is 11.6 Å². The molecule has 0 aromatic heterocycles. The van der Waals surface area contributed by atoms with Crippen molar-refractivity contribution in [3.05, 3.63) is 27.7 Å². The zero-order chi connectivity index (χ0) is 14.7. The largest absolute Gasteiger partial charge is 0.322 e. The molecular formula is C13H12Cl2N2O2S. The fraction of sp³-hybridized carbons (Fsp3) is 0.385. The summed E-state index contributed by atoms with van der Waals surface area (Å²) in [6.45, 7) is 4.04. The van der Waals surface area contributed by atoms with Gasteiger partial charge < -0.3 is 5.32 Å². The average molecular weight is 331 g/mol. The molecule has 0 bridgehead atoms. The second kappa shape index (κ2) is 4.29. The molecule has 2 aliphatic rings. The van der Waals surface area contributed by atoms with Crippen LogP contribution < -0.4 is 10.6 Å². The van der Waals surface area contributed by atoms with Crippen molar-refractivity contribution >= 4 is 46.9 Å². The van der Waals surface area contributed by atoms with Gasteiger partial charge in [-0.05, 0) is 18.6 Å². The van der Waals surface area contributed by atoms with Crippen molar-refractivity contribution in [1.82, 2.24) is 10.6 Å². The summed E-state index contributed by atoms with van der Waals surface area (Å²) in [4.78, 5) is 24.7. The van der Waals surface area contributed by atoms with Gasteiger partial charge in [0, 0.05) is 20.2 Å². The lowest BCUT2D eigenvalue weighted by molar-refractivity contribution is -0.124. The maximum atomic E-state index is 12.3. The number of halogens is 2. The van der Waals surface area contributed by atoms with Crippen LogP contribution in [0.1, 0.15) is 25.8 Å². The number of imide groups is 1. The van der Waals surface area contributed by atoms with E-state index in [2.05, 4.69) is 10.6 Å². The van der Waals surface area contributed by atoms with Gasteiger partial charge in [0.1, 0.15) is 5.54 Å². The Kier molecular flexibility index (Phi) is 3.01. The van der Waals surface area contributed by atoms with Gasteiger partial charge in [-0.25, -0.2) is 4.79 Å². The summed E-state index contributed by atoms with van der Waals surface area (Å²) in [6, 6.07) is 2.87. The van der Waals surface area contributed by atoms with E-state index >= 15 is 0 Å². The predicted molar refractivity (Wildman–Crippen MR) is 79.4 cm³/mol. The van der Waals surface area contributed by atoms with Crippen LogP contribution in [0.5, 0.6) is 0 Å². The molecule has 2 heterocycles. The first-order valence-corrected chi connectivity index (χ1v) is 7.63. The van der Waals surface area contributed by atoms with Gasteiger partial charge in [0.25, 0.3) is 5.91 Å². The predicted octanol–water partition coefficient (Wildman–Crippen LogP) is 3.30. The highest BCUT2D eigenvalue weighted by atomic mass is 35.5. The lowest BCUT2D eigenvalue weighted by Gasteiger charge is -2.41. The fourth-order valence-electron chi connectivity index (χ4n) is 2.83. The van der Waals surface area contributed by atoms with Crippen molar-refractivity contribution in [2.45, 2.75) is 35.4 Å². The SMILES string of the molecule is CC1(C)CC2(NC(=O)NC2=O)c2cc(Cl)cc(Cl)c2S1. The van der Waals surface area contributed by atoms with E-state index in [1.54, 1.807) is 23.9 Å². The number of hydrogen-bond acceptors (Lipinski definition) is 3. The van der Waals surface area contributed by atoms with E-state index in [4.69, 9.17) is 23.2 Å². The highest BCUT2D eigenvalue weighted by molar-refractivity contribution is 8.00. The summed E-state index contributed by atoms with van der Waals surface area (Å²) in [7, 11) is 0. The van der Waals surface area contributed by atoms with E-state index in [1.165, 1.54) is 0 Å². The molecule has 0 saturated carbocycles. The van der Waals surface area contributed by atoms with Gasteiger partial charge in [0.2, 0.25) is 0 Å². The monoisotopic (exact) mass is 330 g/mol. The summed E-state index contributed by atoms with van der Waals surface area (Å²) < 4.78 is -0.237. The number of nitrogens with one attached hydrogen (secondary N) is 2. The second-order valence-corrected chi connectivity index (χ2v) is 8.18. The molecule has 7 heteroatoms. The summed E-state index contributed by atoms with van der Waals surface area (Å²) in [6.07, 6.45) is 0.478. The molecule has 106 valence electrons. The number of fused-ring (bicyclic) bond motifs is 2. The molecule has 1 aromatic carbocycles. The van der Waals surface area contributed by atoms with Crippen LogP contribution in [-0.4, -0.2) is 16.7 Å². The Morgan fingerprint density at radius 3 is 2.55 bits per heavy atom. The number of carbonyl (C=O) groups is 2. The van der Waals surface area contributed by atoms with Gasteiger partial charge in [-0.15, -0.1) is 11.8 Å². The normalized spacial score (nSPS) is 27.2. The minimum absolute atomic E-state index is 0.237. The number of carbonyl (C=O) groups excluding carboxylic acids is 2. The van der Waals surface area contributed by atoms with Crippen molar-refractivity contribution < 1.29 is 9.59 Å². The number of amides is 3. The van der Waals surface area contributed by atoms with E-state index in [-0.39, 0.29) is 10.7 Å². The van der Waals surface area contributed by atoms with Gasteiger partial charge in [0.15, 0.2) is 0 Å². The van der Waals surface area contributed by atoms with Crippen LogP contribution in [0.3, 0.4) is 0 Å². The Morgan fingerprint density at radius 1 is 1.25 bits per heavy atom. The van der Waals surface area contributed by atoms with Crippen molar-refractivity contribution in [2.24, 2.45) is 0 Å². The highest BCUT2D eigenvalue weighted by Crippen LogP contribution is 2.53. The van der Waals surface area contributed by atoms with Gasteiger partial charge in [0.05, 0.1) is 5.02 Å². The van der Waals surface area contributed by atoms with Crippen molar-refractivity contribution in [3.63, 3.8) is 0 Å². The first-order chi connectivity index (χ1) is 9.23. The Balaban J connectivity index is 2.28. The Hall–Kier alpha value is -0.910. The molecule has 3 amide bonds. The molecule has 20 heavy (non-hydrogen) atoms. The maximum Gasteiger partial charge on any atom is 0.322 e. The third-order valence-corrected chi connectivity index (χ3v) is 5.45. The van der Waals surface area contributed by atoms with E-state index in [0.717, 1.165) is 4.90 Å². The molecule has 2 aliphatic heterocycles.